The maximum Gasteiger partial charge on any atom is 0.324 e. The van der Waals surface area contributed by atoms with Crippen molar-refractivity contribution in [1.82, 2.24) is 0 Å². The van der Waals surface area contributed by atoms with Crippen LogP contribution in [-0.4, -0.2) is 31.0 Å². The molecule has 0 saturated carbocycles. The molecule has 30 heavy (non-hydrogen) atoms. The van der Waals surface area contributed by atoms with E-state index in [9.17, 15) is 28.4 Å². The highest BCUT2D eigenvalue weighted by atomic mass is 32.2. The summed E-state index contributed by atoms with van der Waals surface area (Å²) in [5.41, 5.74) is -0.345. The van der Waals surface area contributed by atoms with Crippen LogP contribution in [0.2, 0.25) is 0 Å². The van der Waals surface area contributed by atoms with E-state index in [4.69, 9.17) is 4.74 Å². The van der Waals surface area contributed by atoms with Crippen LogP contribution < -0.4 is 9.04 Å². The van der Waals surface area contributed by atoms with E-state index in [2.05, 4.69) is 0 Å². The fourth-order valence-electron chi connectivity index (χ4n) is 2.63. The minimum atomic E-state index is -4.37. The number of benzene rings is 3. The third kappa shape index (κ3) is 4.73. The number of ether oxygens (including phenoxy) is 1. The number of para-hydroxylation sites is 1. The average Bonchev–Trinajstić information content (AvgIpc) is 2.73. The van der Waals surface area contributed by atoms with E-state index in [0.717, 1.165) is 12.1 Å². The zero-order valence-electron chi connectivity index (χ0n) is 15.4. The highest BCUT2D eigenvalue weighted by Crippen LogP contribution is 2.29. The second kappa shape index (κ2) is 8.62. The summed E-state index contributed by atoms with van der Waals surface area (Å²) < 4.78 is 32.4. The van der Waals surface area contributed by atoms with Crippen LogP contribution in [0.3, 0.4) is 0 Å². The Bertz CT molecular complexity index is 1160. The van der Waals surface area contributed by atoms with Gasteiger partial charge in [0.15, 0.2) is 0 Å². The fraction of sp³-hybridized carbons (Fsp3) is 0.0500. The Morgan fingerprint density at radius 1 is 0.967 bits per heavy atom. The third-order valence-corrected chi connectivity index (χ3v) is 5.77. The van der Waals surface area contributed by atoms with Crippen molar-refractivity contribution in [3.05, 3.63) is 89.0 Å². The molecule has 0 bridgehead atoms. The lowest BCUT2D eigenvalue weighted by Gasteiger charge is -2.23. The monoisotopic (exact) mass is 428 g/mol. The fourth-order valence-corrected chi connectivity index (χ4v) is 4.08. The number of sulfonamides is 1. The quantitative estimate of drug-likeness (QED) is 0.428. The standard InChI is InChI=1S/C20H16N2O7S/c23-20(24)14-21(30(27,28)19-8-4-5-16(13-19)22(25)26)15-9-11-18(12-10-15)29-17-6-2-1-3-7-17/h1-13H,14H2,(H,23,24). The van der Waals surface area contributed by atoms with Gasteiger partial charge in [0.2, 0.25) is 0 Å². The van der Waals surface area contributed by atoms with E-state index in [1.54, 1.807) is 24.3 Å². The molecule has 0 atom stereocenters. The average molecular weight is 428 g/mol. The van der Waals surface area contributed by atoms with Crippen LogP contribution in [0.25, 0.3) is 0 Å². The Morgan fingerprint density at radius 3 is 2.20 bits per heavy atom. The Balaban J connectivity index is 1.94. The van der Waals surface area contributed by atoms with Gasteiger partial charge in [0, 0.05) is 12.1 Å². The zero-order chi connectivity index (χ0) is 21.7. The Kier molecular flexibility index (Phi) is 5.98. The van der Waals surface area contributed by atoms with Crippen molar-refractivity contribution in [3.63, 3.8) is 0 Å². The van der Waals surface area contributed by atoms with E-state index in [-0.39, 0.29) is 10.6 Å². The van der Waals surface area contributed by atoms with E-state index >= 15 is 0 Å². The number of carboxylic acid groups (broad SMARTS) is 1. The van der Waals surface area contributed by atoms with Crippen LogP contribution in [0.1, 0.15) is 0 Å². The first-order valence-corrected chi connectivity index (χ1v) is 10.0. The molecule has 0 aliphatic heterocycles. The number of nitrogens with zero attached hydrogens (tertiary/aromatic N) is 2. The van der Waals surface area contributed by atoms with Gasteiger partial charge in [0.1, 0.15) is 18.0 Å². The molecule has 1 N–H and O–H groups in total. The molecule has 0 aliphatic rings. The number of nitro groups is 1. The van der Waals surface area contributed by atoms with Crippen molar-refractivity contribution in [2.75, 3.05) is 10.8 Å². The Morgan fingerprint density at radius 2 is 1.60 bits per heavy atom. The summed E-state index contributed by atoms with van der Waals surface area (Å²) in [5.74, 6) is -0.376. The van der Waals surface area contributed by atoms with Gasteiger partial charge in [0.05, 0.1) is 15.5 Å². The first kappa shape index (κ1) is 20.8. The molecule has 0 aliphatic carbocycles. The molecule has 0 fully saturated rings. The first-order chi connectivity index (χ1) is 14.3. The van der Waals surface area contributed by atoms with Crippen molar-refractivity contribution in [1.29, 1.82) is 0 Å². The summed E-state index contributed by atoms with van der Waals surface area (Å²) in [6.45, 7) is -0.857. The molecule has 0 unspecified atom stereocenters. The number of anilines is 1. The highest BCUT2D eigenvalue weighted by molar-refractivity contribution is 7.92. The van der Waals surface area contributed by atoms with Gasteiger partial charge in [-0.2, -0.15) is 0 Å². The molecule has 3 aromatic carbocycles. The summed E-state index contributed by atoms with van der Waals surface area (Å²) in [4.78, 5) is 21.2. The van der Waals surface area contributed by atoms with Crippen LogP contribution in [0.15, 0.2) is 83.8 Å². The van der Waals surface area contributed by atoms with Gasteiger partial charge in [-0.3, -0.25) is 19.2 Å². The highest BCUT2D eigenvalue weighted by Gasteiger charge is 2.28. The van der Waals surface area contributed by atoms with Crippen molar-refractivity contribution in [3.8, 4) is 11.5 Å². The summed E-state index contributed by atoms with van der Waals surface area (Å²) in [6, 6.07) is 19.1. The minimum Gasteiger partial charge on any atom is -0.480 e. The molecule has 10 heteroatoms. The van der Waals surface area contributed by atoms with Crippen LogP contribution in [0.4, 0.5) is 11.4 Å². The van der Waals surface area contributed by atoms with Crippen molar-refractivity contribution in [2.45, 2.75) is 4.90 Å². The number of aliphatic carboxylic acids is 1. The van der Waals surface area contributed by atoms with Gasteiger partial charge in [0.25, 0.3) is 15.7 Å². The predicted octanol–water partition coefficient (Wildman–Crippen LogP) is 3.67. The van der Waals surface area contributed by atoms with Gasteiger partial charge in [-0.25, -0.2) is 8.42 Å². The van der Waals surface area contributed by atoms with Crippen LogP contribution in [0.5, 0.6) is 11.5 Å². The molecule has 0 radical (unpaired) electrons. The summed E-state index contributed by atoms with van der Waals surface area (Å²) >= 11 is 0. The summed E-state index contributed by atoms with van der Waals surface area (Å²) in [5, 5.41) is 20.2. The Labute approximate surface area is 172 Å². The van der Waals surface area contributed by atoms with Crippen LogP contribution in [0, 0.1) is 10.1 Å². The topological polar surface area (TPSA) is 127 Å². The molecular weight excluding hydrogens is 412 g/mol. The van der Waals surface area contributed by atoms with Gasteiger partial charge >= 0.3 is 5.97 Å². The van der Waals surface area contributed by atoms with Crippen LogP contribution >= 0.6 is 0 Å². The predicted molar refractivity (Wildman–Crippen MR) is 108 cm³/mol. The van der Waals surface area contributed by atoms with Crippen molar-refractivity contribution < 1.29 is 28.0 Å². The number of rotatable bonds is 8. The molecule has 154 valence electrons. The normalized spacial score (nSPS) is 10.9. The van der Waals surface area contributed by atoms with Gasteiger partial charge in [-0.15, -0.1) is 0 Å². The smallest absolute Gasteiger partial charge is 0.324 e. The van der Waals surface area contributed by atoms with E-state index in [1.165, 1.54) is 36.4 Å². The van der Waals surface area contributed by atoms with E-state index < -0.39 is 33.1 Å². The molecule has 0 amide bonds. The van der Waals surface area contributed by atoms with Crippen molar-refractivity contribution >= 4 is 27.4 Å². The Hall–Kier alpha value is -3.92. The first-order valence-electron chi connectivity index (χ1n) is 8.59. The number of hydrogen-bond acceptors (Lipinski definition) is 6. The lowest BCUT2D eigenvalue weighted by atomic mass is 10.3. The molecular formula is C20H16N2O7S. The van der Waals surface area contributed by atoms with Crippen molar-refractivity contribution in [2.24, 2.45) is 0 Å². The summed E-state index contributed by atoms with van der Waals surface area (Å²) in [7, 11) is -4.37. The number of non-ortho nitro benzene ring substituents is 1. The molecule has 0 heterocycles. The number of hydrogen-bond donors (Lipinski definition) is 1. The van der Waals surface area contributed by atoms with E-state index in [1.807, 2.05) is 6.07 Å². The molecule has 3 aromatic rings. The SMILES string of the molecule is O=C(O)CN(c1ccc(Oc2ccccc2)cc1)S(=O)(=O)c1cccc([N+](=O)[O-])c1. The number of carbonyl (C=O) groups is 1. The third-order valence-electron chi connectivity index (χ3n) is 4.00. The summed E-state index contributed by atoms with van der Waals surface area (Å²) in [6.07, 6.45) is 0. The zero-order valence-corrected chi connectivity index (χ0v) is 16.2. The molecule has 0 saturated heterocycles. The molecule has 9 nitrogen and oxygen atoms in total. The van der Waals surface area contributed by atoms with Gasteiger partial charge in [-0.1, -0.05) is 24.3 Å². The molecule has 0 spiro atoms. The molecule has 0 aromatic heterocycles. The lowest BCUT2D eigenvalue weighted by Crippen LogP contribution is -2.35. The maximum atomic E-state index is 13.0. The lowest BCUT2D eigenvalue weighted by molar-refractivity contribution is -0.385. The van der Waals surface area contributed by atoms with Gasteiger partial charge in [-0.05, 0) is 42.5 Å². The largest absolute Gasteiger partial charge is 0.480 e. The van der Waals surface area contributed by atoms with E-state index in [0.29, 0.717) is 15.8 Å². The number of carboxylic acids is 1. The second-order valence-corrected chi connectivity index (χ2v) is 7.93. The molecule has 3 rings (SSSR count). The minimum absolute atomic E-state index is 0.0734. The number of nitro benzene ring substituents is 1. The maximum absolute atomic E-state index is 13.0. The van der Waals surface area contributed by atoms with Crippen LogP contribution in [-0.2, 0) is 14.8 Å². The van der Waals surface area contributed by atoms with Gasteiger partial charge < -0.3 is 9.84 Å². The second-order valence-electron chi connectivity index (χ2n) is 6.07.